The van der Waals surface area contributed by atoms with Crippen LogP contribution in [0.1, 0.15) is 25.0 Å². The summed E-state index contributed by atoms with van der Waals surface area (Å²) in [7, 11) is 0. The molecule has 0 aliphatic heterocycles. The summed E-state index contributed by atoms with van der Waals surface area (Å²) >= 11 is 0. The normalized spacial score (nSPS) is 13.2. The fourth-order valence-corrected chi connectivity index (χ4v) is 7.01. The Kier molecular flexibility index (Phi) is 5.78. The molecule has 0 N–H and O–H groups in total. The van der Waals surface area contributed by atoms with Crippen molar-refractivity contribution < 1.29 is 0 Å². The molecule has 5 nitrogen and oxygen atoms in total. The van der Waals surface area contributed by atoms with Crippen LogP contribution in [-0.2, 0) is 5.41 Å². The average molecular weight is 592 g/mol. The summed E-state index contributed by atoms with van der Waals surface area (Å²) in [5.74, 6) is 1.96. The predicted octanol–water partition coefficient (Wildman–Crippen LogP) is 9.67. The number of pyridine rings is 1. The fraction of sp³-hybridized carbons (Fsp3) is 0.0732. The maximum Gasteiger partial charge on any atom is 0.164 e. The summed E-state index contributed by atoms with van der Waals surface area (Å²) in [5.41, 5.74) is 11.0. The molecule has 8 aromatic rings. The van der Waals surface area contributed by atoms with E-state index in [0.29, 0.717) is 17.5 Å². The van der Waals surface area contributed by atoms with Crippen LogP contribution < -0.4 is 0 Å². The van der Waals surface area contributed by atoms with Crippen molar-refractivity contribution in [3.63, 3.8) is 0 Å². The van der Waals surface area contributed by atoms with E-state index in [1.807, 2.05) is 72.9 Å². The molecule has 5 aromatic carbocycles. The topological polar surface area (TPSA) is 56.5 Å². The lowest BCUT2D eigenvalue weighted by molar-refractivity contribution is 0.659. The van der Waals surface area contributed by atoms with Crippen LogP contribution in [0.3, 0.4) is 0 Å². The van der Waals surface area contributed by atoms with Crippen LogP contribution in [0.15, 0.2) is 140 Å². The molecular formula is C41H29N5. The highest BCUT2D eigenvalue weighted by Crippen LogP contribution is 2.48. The number of rotatable bonds is 4. The van der Waals surface area contributed by atoms with E-state index in [1.165, 1.54) is 22.1 Å². The van der Waals surface area contributed by atoms with Crippen LogP contribution in [-0.4, -0.2) is 24.5 Å². The molecule has 3 heterocycles. The summed E-state index contributed by atoms with van der Waals surface area (Å²) in [5, 5.41) is 2.33. The van der Waals surface area contributed by atoms with Crippen molar-refractivity contribution in [2.75, 3.05) is 0 Å². The van der Waals surface area contributed by atoms with Gasteiger partial charge in [0.1, 0.15) is 0 Å². The van der Waals surface area contributed by atoms with Crippen molar-refractivity contribution >= 4 is 21.8 Å². The minimum absolute atomic E-state index is 0.0884. The molecule has 9 rings (SSSR count). The number of para-hydroxylation sites is 1. The summed E-state index contributed by atoms with van der Waals surface area (Å²) < 4.78 is 2.36. The van der Waals surface area contributed by atoms with Gasteiger partial charge in [-0.25, -0.2) is 15.0 Å². The molecule has 0 unspecified atom stereocenters. The third-order valence-corrected chi connectivity index (χ3v) is 9.30. The van der Waals surface area contributed by atoms with Gasteiger partial charge in [-0.2, -0.15) is 0 Å². The van der Waals surface area contributed by atoms with Crippen LogP contribution >= 0.6 is 0 Å². The van der Waals surface area contributed by atoms with Gasteiger partial charge in [0.25, 0.3) is 0 Å². The molecule has 0 amide bonds. The third-order valence-electron chi connectivity index (χ3n) is 9.30. The number of aromatic nitrogens is 5. The molecule has 5 heteroatoms. The van der Waals surface area contributed by atoms with Crippen molar-refractivity contribution in [1.82, 2.24) is 24.5 Å². The summed E-state index contributed by atoms with van der Waals surface area (Å²) in [6.07, 6.45) is 1.90. The van der Waals surface area contributed by atoms with Gasteiger partial charge in [-0.05, 0) is 53.6 Å². The molecule has 0 spiro atoms. The number of nitrogens with zero attached hydrogens (tertiary/aromatic N) is 5. The fourth-order valence-electron chi connectivity index (χ4n) is 7.01. The molecular weight excluding hydrogens is 562 g/mol. The van der Waals surface area contributed by atoms with Gasteiger partial charge in [-0.15, -0.1) is 0 Å². The van der Waals surface area contributed by atoms with Gasteiger partial charge in [0.05, 0.1) is 16.7 Å². The number of benzene rings is 5. The van der Waals surface area contributed by atoms with E-state index >= 15 is 0 Å². The highest BCUT2D eigenvalue weighted by Gasteiger charge is 2.36. The largest absolute Gasteiger partial charge is 0.309 e. The van der Waals surface area contributed by atoms with Crippen molar-refractivity contribution in [1.29, 1.82) is 0 Å². The Morgan fingerprint density at radius 2 is 1.13 bits per heavy atom. The van der Waals surface area contributed by atoms with E-state index in [0.717, 1.165) is 44.5 Å². The van der Waals surface area contributed by atoms with Crippen LogP contribution in [0, 0.1) is 0 Å². The molecule has 0 saturated heterocycles. The minimum Gasteiger partial charge on any atom is -0.309 e. The second-order valence-electron chi connectivity index (χ2n) is 12.4. The molecule has 1 aliphatic rings. The van der Waals surface area contributed by atoms with E-state index < -0.39 is 0 Å². The molecule has 46 heavy (non-hydrogen) atoms. The summed E-state index contributed by atoms with van der Waals surface area (Å²) in [4.78, 5) is 19.7. The zero-order chi connectivity index (χ0) is 30.8. The molecule has 0 atom stereocenters. The van der Waals surface area contributed by atoms with Crippen molar-refractivity contribution in [3.05, 3.63) is 151 Å². The van der Waals surface area contributed by atoms with Gasteiger partial charge >= 0.3 is 0 Å². The van der Waals surface area contributed by atoms with Gasteiger partial charge in [0.2, 0.25) is 0 Å². The van der Waals surface area contributed by atoms with E-state index in [1.54, 1.807) is 0 Å². The van der Waals surface area contributed by atoms with Gasteiger partial charge in [-0.3, -0.25) is 4.98 Å². The van der Waals surface area contributed by atoms with Crippen LogP contribution in [0.2, 0.25) is 0 Å². The molecule has 218 valence electrons. The Bertz CT molecular complexity index is 2380. The number of hydrogen-bond acceptors (Lipinski definition) is 4. The summed E-state index contributed by atoms with van der Waals surface area (Å²) in [6.45, 7) is 4.57. The molecule has 3 aromatic heterocycles. The standard InChI is InChI=1S/C41H29N5/c1-41(2)33-21-20-29(25-32(33)37-34(41)17-11-23-42-37)46-35-18-10-9-16-30(35)31-24-28(19-22-36(31)46)40-44-38(26-12-5-3-6-13-26)43-39(45-40)27-14-7-4-8-15-27/h3-25H,1-2H3. The first-order chi connectivity index (χ1) is 22.6. The lowest BCUT2D eigenvalue weighted by Gasteiger charge is -2.21. The van der Waals surface area contributed by atoms with Crippen molar-refractivity contribution in [2.24, 2.45) is 0 Å². The Hall–Kier alpha value is -5.94. The SMILES string of the molecule is CC1(C)c2ccc(-n3c4ccccc4c4cc(-c5nc(-c6ccccc6)nc(-c6ccccc6)n5)ccc43)cc2-c2ncccc21. The van der Waals surface area contributed by atoms with E-state index in [4.69, 9.17) is 19.9 Å². The first kappa shape index (κ1) is 26.5. The second-order valence-corrected chi connectivity index (χ2v) is 12.4. The van der Waals surface area contributed by atoms with E-state index in [-0.39, 0.29) is 5.41 Å². The van der Waals surface area contributed by atoms with Crippen molar-refractivity contribution in [2.45, 2.75) is 19.3 Å². The average Bonchev–Trinajstić information content (AvgIpc) is 3.57. The second kappa shape index (κ2) is 10.0. The third kappa shape index (κ3) is 4.02. The first-order valence-electron chi connectivity index (χ1n) is 15.6. The predicted molar refractivity (Wildman–Crippen MR) is 186 cm³/mol. The van der Waals surface area contributed by atoms with Crippen LogP contribution in [0.4, 0.5) is 0 Å². The Labute approximate surface area is 266 Å². The zero-order valence-electron chi connectivity index (χ0n) is 25.5. The van der Waals surface area contributed by atoms with Gasteiger partial charge in [-0.1, -0.05) is 105 Å². The lowest BCUT2D eigenvalue weighted by Crippen LogP contribution is -2.15. The minimum atomic E-state index is -0.0884. The first-order valence-corrected chi connectivity index (χ1v) is 15.6. The molecule has 0 radical (unpaired) electrons. The van der Waals surface area contributed by atoms with Gasteiger partial charge < -0.3 is 4.57 Å². The molecule has 1 aliphatic carbocycles. The Balaban J connectivity index is 1.24. The van der Waals surface area contributed by atoms with E-state index in [9.17, 15) is 0 Å². The highest BCUT2D eigenvalue weighted by molar-refractivity contribution is 6.10. The quantitative estimate of drug-likeness (QED) is 0.204. The maximum absolute atomic E-state index is 4.99. The number of fused-ring (bicyclic) bond motifs is 6. The smallest absolute Gasteiger partial charge is 0.164 e. The van der Waals surface area contributed by atoms with Gasteiger partial charge in [0.15, 0.2) is 17.5 Å². The van der Waals surface area contributed by atoms with Crippen LogP contribution in [0.5, 0.6) is 0 Å². The number of hydrogen-bond donors (Lipinski definition) is 0. The lowest BCUT2D eigenvalue weighted by atomic mass is 9.83. The Morgan fingerprint density at radius 3 is 1.85 bits per heavy atom. The highest BCUT2D eigenvalue weighted by atomic mass is 15.0. The maximum atomic E-state index is 4.99. The van der Waals surface area contributed by atoms with Gasteiger partial charge in [0, 0.05) is 50.3 Å². The van der Waals surface area contributed by atoms with E-state index in [2.05, 4.69) is 85.1 Å². The zero-order valence-corrected chi connectivity index (χ0v) is 25.5. The summed E-state index contributed by atoms with van der Waals surface area (Å²) in [6, 6.07) is 46.4. The Morgan fingerprint density at radius 1 is 0.500 bits per heavy atom. The molecule has 0 fully saturated rings. The van der Waals surface area contributed by atoms with Crippen LogP contribution in [0.25, 0.3) is 72.9 Å². The monoisotopic (exact) mass is 591 g/mol. The van der Waals surface area contributed by atoms with Crippen molar-refractivity contribution in [3.8, 4) is 51.1 Å². The molecule has 0 bridgehead atoms. The molecule has 0 saturated carbocycles.